The molecular weight excluding hydrogens is 1020 g/mol. The molecule has 0 saturated heterocycles. The predicted molar refractivity (Wildman–Crippen MR) is 361 cm³/mol. The molecule has 0 bridgehead atoms. The van der Waals surface area contributed by atoms with E-state index in [1.54, 1.807) is 0 Å². The van der Waals surface area contributed by atoms with Gasteiger partial charge in [0.2, 0.25) is 0 Å². The second-order valence-corrected chi connectivity index (χ2v) is 20.2. The summed E-state index contributed by atoms with van der Waals surface area (Å²) in [5.41, 5.74) is 0. The molecule has 0 aliphatic rings. The fourth-order valence-electron chi connectivity index (χ4n) is 7.75. The van der Waals surface area contributed by atoms with Gasteiger partial charge in [-0.1, -0.05) is 259 Å². The molecule has 0 fully saturated rings. The lowest BCUT2D eigenvalue weighted by Crippen LogP contribution is -2.30. The number of hydrogen-bond acceptors (Lipinski definition) is 6. The molecule has 0 spiro atoms. The van der Waals surface area contributed by atoms with Gasteiger partial charge in [-0.2, -0.15) is 0 Å². The first-order valence-corrected chi connectivity index (χ1v) is 32.2. The van der Waals surface area contributed by atoms with Crippen molar-refractivity contribution in [1.82, 2.24) is 0 Å². The zero-order valence-corrected chi connectivity index (χ0v) is 52.4. The summed E-state index contributed by atoms with van der Waals surface area (Å²) in [5, 5.41) is 0. The molecule has 0 rings (SSSR count). The van der Waals surface area contributed by atoms with Crippen molar-refractivity contribution in [3.63, 3.8) is 0 Å². The van der Waals surface area contributed by atoms with Crippen LogP contribution in [0.2, 0.25) is 0 Å². The first-order valence-electron chi connectivity index (χ1n) is 32.2. The summed E-state index contributed by atoms with van der Waals surface area (Å²) in [6, 6.07) is 0. The summed E-state index contributed by atoms with van der Waals surface area (Å²) in [4.78, 5) is 38.3. The Balaban J connectivity index is 4.55. The van der Waals surface area contributed by atoms with Crippen molar-refractivity contribution >= 4 is 17.9 Å². The Kier molecular flexibility index (Phi) is 63.1. The average molecular weight is 1140 g/mol. The Morgan fingerprint density at radius 2 is 0.446 bits per heavy atom. The third-order valence-electron chi connectivity index (χ3n) is 12.5. The van der Waals surface area contributed by atoms with Crippen LogP contribution in [0.4, 0.5) is 0 Å². The van der Waals surface area contributed by atoms with Gasteiger partial charge in [-0.25, -0.2) is 0 Å². The minimum Gasteiger partial charge on any atom is -0.462 e. The summed E-state index contributed by atoms with van der Waals surface area (Å²) in [5.74, 6) is -1.07. The van der Waals surface area contributed by atoms with Crippen LogP contribution < -0.4 is 0 Å². The third-order valence-corrected chi connectivity index (χ3v) is 12.5. The molecule has 0 aromatic heterocycles. The molecule has 0 aromatic rings. The molecule has 0 saturated carbocycles. The quantitative estimate of drug-likeness (QED) is 0.0261. The van der Waals surface area contributed by atoms with Gasteiger partial charge in [0.25, 0.3) is 0 Å². The summed E-state index contributed by atoms with van der Waals surface area (Å²) in [6.07, 6.45) is 107. The number of carbonyl (C=O) groups is 3. The number of allylic oxidation sites excluding steroid dienone is 36. The zero-order valence-electron chi connectivity index (χ0n) is 52.4. The third kappa shape index (κ3) is 66.4. The number of esters is 3. The number of carbonyl (C=O) groups excluding carboxylic acids is 3. The van der Waals surface area contributed by atoms with E-state index in [0.29, 0.717) is 12.8 Å². The highest BCUT2D eigenvalue weighted by Crippen LogP contribution is 2.11. The van der Waals surface area contributed by atoms with E-state index in [9.17, 15) is 14.4 Å². The summed E-state index contributed by atoms with van der Waals surface area (Å²) >= 11 is 0. The van der Waals surface area contributed by atoms with Crippen molar-refractivity contribution in [2.75, 3.05) is 13.2 Å². The van der Waals surface area contributed by atoms with Gasteiger partial charge in [0, 0.05) is 19.3 Å². The van der Waals surface area contributed by atoms with Gasteiger partial charge in [0.1, 0.15) is 13.2 Å². The molecule has 0 radical (unpaired) electrons. The Labute approximate surface area is 508 Å². The van der Waals surface area contributed by atoms with E-state index in [1.165, 1.54) is 0 Å². The fraction of sp³-hybridized carbons (Fsp3) is 0.494. The van der Waals surface area contributed by atoms with E-state index in [1.807, 2.05) is 0 Å². The SMILES string of the molecule is CC/C=C\C/C=C\C/C=C\C/C=C\C/C=C\C/C=C\C/C=C\C/C=C\C/C=C\CCCCCC(=O)OCC(COC(=O)CCCCCC/C=C\C/C=C\C/C=C\C/C=C\CC)OC(=O)CCC/C=C\C/C=C\C/C=C\C/C=C\C/C=C\CC. The van der Waals surface area contributed by atoms with E-state index in [0.717, 1.165) is 180 Å². The standard InChI is InChI=1S/C77H114O6/c1-4-7-10-13-16-19-22-25-28-31-32-33-34-35-36-37-38-39-40-41-42-43-44-47-49-52-55-58-61-64-67-70-76(79)82-73-74(83-77(80)71-68-65-62-59-56-53-50-46-30-27-24-21-18-15-12-9-6-3)72-81-75(78)69-66-63-60-57-54-51-48-45-29-26-23-20-17-14-11-8-5-2/h7-12,16-21,25-30,32-33,35-36,38-39,41-42,44,47-48,50-53,55,59,62,74H,4-6,13-15,22-24,31,34,37,40,43,45-46,49,54,56-58,60-61,63-73H2,1-3H3/b10-7-,11-8-,12-9-,19-16-,20-17-,21-18-,28-25-,29-26-,30-27-,33-32-,36-35-,39-38-,42-41-,47-44-,51-48-,53-50-,55-52-,62-59-. The monoisotopic (exact) mass is 1130 g/mol. The fourth-order valence-corrected chi connectivity index (χ4v) is 7.75. The van der Waals surface area contributed by atoms with Crippen LogP contribution in [-0.4, -0.2) is 37.2 Å². The molecular formula is C77H114O6. The van der Waals surface area contributed by atoms with Gasteiger partial charge in [-0.3, -0.25) is 14.4 Å². The Morgan fingerprint density at radius 3 is 0.711 bits per heavy atom. The van der Waals surface area contributed by atoms with Crippen LogP contribution in [0.15, 0.2) is 219 Å². The van der Waals surface area contributed by atoms with E-state index >= 15 is 0 Å². The van der Waals surface area contributed by atoms with Crippen LogP contribution in [0.25, 0.3) is 0 Å². The van der Waals surface area contributed by atoms with Crippen molar-refractivity contribution < 1.29 is 28.6 Å². The Morgan fingerprint density at radius 1 is 0.241 bits per heavy atom. The summed E-state index contributed by atoms with van der Waals surface area (Å²) in [6.45, 7) is 6.18. The predicted octanol–water partition coefficient (Wildman–Crippen LogP) is 22.5. The lowest BCUT2D eigenvalue weighted by molar-refractivity contribution is -0.167. The van der Waals surface area contributed by atoms with Crippen LogP contribution in [0, 0.1) is 0 Å². The molecule has 0 aromatic carbocycles. The number of ether oxygens (including phenoxy) is 3. The molecule has 458 valence electrons. The number of unbranched alkanes of at least 4 members (excludes halogenated alkanes) is 8. The van der Waals surface area contributed by atoms with Gasteiger partial charge < -0.3 is 14.2 Å². The van der Waals surface area contributed by atoms with Crippen molar-refractivity contribution in [3.05, 3.63) is 219 Å². The van der Waals surface area contributed by atoms with Gasteiger partial charge >= 0.3 is 17.9 Å². The van der Waals surface area contributed by atoms with Gasteiger partial charge in [-0.05, 0) is 167 Å². The number of hydrogen-bond donors (Lipinski definition) is 0. The highest BCUT2D eigenvalue weighted by Gasteiger charge is 2.19. The van der Waals surface area contributed by atoms with E-state index < -0.39 is 12.1 Å². The van der Waals surface area contributed by atoms with Crippen molar-refractivity contribution in [3.8, 4) is 0 Å². The minimum atomic E-state index is -0.848. The minimum absolute atomic E-state index is 0.137. The van der Waals surface area contributed by atoms with Crippen molar-refractivity contribution in [2.24, 2.45) is 0 Å². The van der Waals surface area contributed by atoms with Crippen molar-refractivity contribution in [1.29, 1.82) is 0 Å². The molecule has 6 nitrogen and oxygen atoms in total. The maximum absolute atomic E-state index is 12.9. The van der Waals surface area contributed by atoms with Gasteiger partial charge in [0.05, 0.1) is 0 Å². The molecule has 1 unspecified atom stereocenters. The molecule has 0 heterocycles. The summed E-state index contributed by atoms with van der Waals surface area (Å²) < 4.78 is 16.8. The van der Waals surface area contributed by atoms with Crippen LogP contribution in [0.1, 0.15) is 226 Å². The first-order chi connectivity index (χ1) is 41.0. The molecule has 0 amide bonds. The van der Waals surface area contributed by atoms with Crippen LogP contribution in [-0.2, 0) is 28.6 Å². The van der Waals surface area contributed by atoms with Crippen LogP contribution in [0.3, 0.4) is 0 Å². The maximum atomic E-state index is 12.9. The van der Waals surface area contributed by atoms with Gasteiger partial charge in [0.15, 0.2) is 6.10 Å². The smallest absolute Gasteiger partial charge is 0.306 e. The first kappa shape index (κ1) is 76.7. The highest BCUT2D eigenvalue weighted by molar-refractivity contribution is 5.71. The number of rotatable bonds is 55. The largest absolute Gasteiger partial charge is 0.462 e. The molecule has 1 atom stereocenters. The zero-order chi connectivity index (χ0) is 59.9. The Bertz CT molecular complexity index is 2080. The lowest BCUT2D eigenvalue weighted by Gasteiger charge is -2.18. The molecule has 6 heteroatoms. The van der Waals surface area contributed by atoms with E-state index in [-0.39, 0.29) is 38.0 Å². The molecule has 83 heavy (non-hydrogen) atoms. The van der Waals surface area contributed by atoms with Crippen molar-refractivity contribution in [2.45, 2.75) is 232 Å². The van der Waals surface area contributed by atoms with Gasteiger partial charge in [-0.15, -0.1) is 0 Å². The normalized spacial score (nSPS) is 13.6. The highest BCUT2D eigenvalue weighted by atomic mass is 16.6. The Hall–Kier alpha value is -6.27. The topological polar surface area (TPSA) is 78.9 Å². The summed E-state index contributed by atoms with van der Waals surface area (Å²) in [7, 11) is 0. The second-order valence-electron chi connectivity index (χ2n) is 20.2. The van der Waals surface area contributed by atoms with E-state index in [4.69, 9.17) is 14.2 Å². The van der Waals surface area contributed by atoms with Crippen LogP contribution >= 0.6 is 0 Å². The molecule has 0 aliphatic heterocycles. The lowest BCUT2D eigenvalue weighted by atomic mass is 10.1. The second kappa shape index (κ2) is 68.2. The molecule has 0 aliphatic carbocycles. The molecule has 0 N–H and O–H groups in total. The van der Waals surface area contributed by atoms with Crippen LogP contribution in [0.5, 0.6) is 0 Å². The average Bonchev–Trinajstić information content (AvgIpc) is 3.49. The van der Waals surface area contributed by atoms with E-state index in [2.05, 4.69) is 240 Å². The maximum Gasteiger partial charge on any atom is 0.306 e.